The van der Waals surface area contributed by atoms with Crippen LogP contribution in [0, 0.1) is 0 Å². The van der Waals surface area contributed by atoms with Gasteiger partial charge in [-0.2, -0.15) is 16.7 Å². The first kappa shape index (κ1) is 14.8. The molecule has 1 aromatic heterocycles. The van der Waals surface area contributed by atoms with E-state index in [1.807, 2.05) is 11.8 Å². The fourth-order valence-electron chi connectivity index (χ4n) is 2.07. The molecule has 19 heavy (non-hydrogen) atoms. The smallest absolute Gasteiger partial charge is 0.233 e. The monoisotopic (exact) mass is 285 g/mol. The van der Waals surface area contributed by atoms with Crippen LogP contribution in [0.5, 0.6) is 0 Å². The van der Waals surface area contributed by atoms with E-state index in [1.54, 1.807) is 0 Å². The van der Waals surface area contributed by atoms with Crippen LogP contribution in [0.4, 0.5) is 0 Å². The van der Waals surface area contributed by atoms with Crippen LogP contribution in [0.25, 0.3) is 0 Å². The summed E-state index contributed by atoms with van der Waals surface area (Å²) >= 11 is 1.86. The number of likely N-dealkylation sites (N-methyl/N-ethyl adjacent to an activating group) is 1. The van der Waals surface area contributed by atoms with Crippen LogP contribution in [0.3, 0.4) is 0 Å². The van der Waals surface area contributed by atoms with Gasteiger partial charge in [-0.3, -0.25) is 0 Å². The van der Waals surface area contributed by atoms with Gasteiger partial charge in [0.15, 0.2) is 5.82 Å². The third kappa shape index (κ3) is 3.94. The Hall–Kier alpha value is -0.590. The Labute approximate surface area is 118 Å². The van der Waals surface area contributed by atoms with Gasteiger partial charge in [-0.15, -0.1) is 0 Å². The Morgan fingerprint density at radius 3 is 3.00 bits per heavy atom. The van der Waals surface area contributed by atoms with Gasteiger partial charge in [0.25, 0.3) is 0 Å². The molecule has 1 N–H and O–H groups in total. The normalized spacial score (nSPS) is 24.8. The first-order valence-corrected chi connectivity index (χ1v) is 8.04. The first-order valence-electron chi connectivity index (χ1n) is 6.99. The second-order valence-electron chi connectivity index (χ2n) is 4.89. The summed E-state index contributed by atoms with van der Waals surface area (Å²) in [5.74, 6) is 2.51. The molecule has 0 aromatic carbocycles. The van der Waals surface area contributed by atoms with Crippen LogP contribution >= 0.6 is 11.8 Å². The maximum absolute atomic E-state index is 5.51. The molecule has 0 bridgehead atoms. The minimum Gasteiger partial charge on any atom is -0.379 e. The van der Waals surface area contributed by atoms with Crippen LogP contribution < -0.4 is 5.32 Å². The van der Waals surface area contributed by atoms with Crippen molar-refractivity contribution in [2.45, 2.75) is 50.2 Å². The zero-order valence-corrected chi connectivity index (χ0v) is 12.7. The highest BCUT2D eigenvalue weighted by atomic mass is 32.2. The number of hydrogen-bond acceptors (Lipinski definition) is 6. The molecule has 3 unspecified atom stereocenters. The second kappa shape index (κ2) is 7.26. The van der Waals surface area contributed by atoms with E-state index >= 15 is 0 Å². The highest BCUT2D eigenvalue weighted by Crippen LogP contribution is 2.25. The van der Waals surface area contributed by atoms with E-state index in [0.29, 0.717) is 23.8 Å². The fraction of sp³-hybridized carbons (Fsp3) is 0.846. The van der Waals surface area contributed by atoms with E-state index in [9.17, 15) is 0 Å². The molecule has 0 radical (unpaired) electrons. The zero-order valence-electron chi connectivity index (χ0n) is 11.9. The van der Waals surface area contributed by atoms with Crippen molar-refractivity contribution in [1.29, 1.82) is 0 Å². The summed E-state index contributed by atoms with van der Waals surface area (Å²) in [5, 5.41) is 8.11. The van der Waals surface area contributed by atoms with Crippen LogP contribution in [-0.4, -0.2) is 41.2 Å². The van der Waals surface area contributed by atoms with E-state index in [-0.39, 0.29) is 5.92 Å². The van der Waals surface area contributed by atoms with Crippen molar-refractivity contribution in [3.05, 3.63) is 11.7 Å². The van der Waals surface area contributed by atoms with Crippen molar-refractivity contribution >= 4 is 11.8 Å². The Bertz CT molecular complexity index is 386. The number of nitrogens with zero attached hydrogens (tertiary/aromatic N) is 2. The van der Waals surface area contributed by atoms with Gasteiger partial charge < -0.3 is 14.6 Å². The zero-order chi connectivity index (χ0) is 13.7. The van der Waals surface area contributed by atoms with Gasteiger partial charge in [0, 0.05) is 11.3 Å². The second-order valence-corrected chi connectivity index (χ2v) is 6.31. The van der Waals surface area contributed by atoms with Crippen molar-refractivity contribution in [2.24, 2.45) is 0 Å². The molecule has 1 aromatic rings. The van der Waals surface area contributed by atoms with E-state index in [2.05, 4.69) is 36.2 Å². The Morgan fingerprint density at radius 2 is 2.26 bits per heavy atom. The summed E-state index contributed by atoms with van der Waals surface area (Å²) in [6, 6.07) is 0.292. The molecule has 6 heteroatoms. The molecule has 2 heterocycles. The summed E-state index contributed by atoms with van der Waals surface area (Å²) in [6.07, 6.45) is 1.16. The first-order chi connectivity index (χ1) is 9.24. The summed E-state index contributed by atoms with van der Waals surface area (Å²) in [6.45, 7) is 8.82. The van der Waals surface area contributed by atoms with Crippen molar-refractivity contribution in [3.8, 4) is 0 Å². The predicted octanol–water partition coefficient (Wildman–Crippen LogP) is 2.19. The third-order valence-corrected chi connectivity index (χ3v) is 4.75. The van der Waals surface area contributed by atoms with E-state index in [0.717, 1.165) is 31.1 Å². The topological polar surface area (TPSA) is 60.2 Å². The minimum absolute atomic E-state index is 0.190. The van der Waals surface area contributed by atoms with Gasteiger partial charge in [0.2, 0.25) is 5.89 Å². The molecular weight excluding hydrogens is 262 g/mol. The average Bonchev–Trinajstić information content (AvgIpc) is 3.04. The van der Waals surface area contributed by atoms with E-state index in [4.69, 9.17) is 9.26 Å². The number of nitrogens with one attached hydrogen (secondary N) is 1. The summed E-state index contributed by atoms with van der Waals surface area (Å²) in [4.78, 5) is 4.51. The van der Waals surface area contributed by atoms with Crippen LogP contribution in [-0.2, 0) is 10.5 Å². The predicted molar refractivity (Wildman–Crippen MR) is 76.4 cm³/mol. The van der Waals surface area contributed by atoms with Gasteiger partial charge in [-0.25, -0.2) is 0 Å². The Morgan fingerprint density at radius 1 is 1.42 bits per heavy atom. The lowest BCUT2D eigenvalue weighted by molar-refractivity contribution is 0.185. The maximum Gasteiger partial charge on any atom is 0.233 e. The van der Waals surface area contributed by atoms with Crippen molar-refractivity contribution in [2.75, 3.05) is 19.8 Å². The number of rotatable bonds is 7. The molecule has 2 rings (SSSR count). The van der Waals surface area contributed by atoms with Crippen LogP contribution in [0.15, 0.2) is 4.52 Å². The molecule has 3 atom stereocenters. The molecule has 1 aliphatic heterocycles. The molecule has 108 valence electrons. The number of ether oxygens (including phenoxy) is 1. The van der Waals surface area contributed by atoms with E-state index in [1.165, 1.54) is 0 Å². The maximum atomic E-state index is 5.51. The third-order valence-electron chi connectivity index (χ3n) is 3.42. The van der Waals surface area contributed by atoms with Gasteiger partial charge in [0.05, 0.1) is 24.9 Å². The standard InChI is InChI=1S/C13H23N3O2S/c1-4-9(3)19-8-12-15-13(18-16-12)10-6-17-7-11(10)14-5-2/h9-11,14H,4-8H2,1-3H3. The molecule has 5 nitrogen and oxygen atoms in total. The van der Waals surface area contributed by atoms with E-state index < -0.39 is 0 Å². The van der Waals surface area contributed by atoms with Crippen molar-refractivity contribution in [1.82, 2.24) is 15.5 Å². The fourth-order valence-corrected chi connectivity index (χ4v) is 2.86. The largest absolute Gasteiger partial charge is 0.379 e. The molecule has 0 aliphatic carbocycles. The summed E-state index contributed by atoms with van der Waals surface area (Å²) in [5.41, 5.74) is 0. The Balaban J connectivity index is 1.92. The van der Waals surface area contributed by atoms with Crippen molar-refractivity contribution in [3.63, 3.8) is 0 Å². The number of thioether (sulfide) groups is 1. The van der Waals surface area contributed by atoms with Crippen molar-refractivity contribution < 1.29 is 9.26 Å². The SMILES string of the molecule is CCNC1COCC1c1nc(CSC(C)CC)no1. The highest BCUT2D eigenvalue weighted by molar-refractivity contribution is 7.99. The molecule has 1 fully saturated rings. The highest BCUT2D eigenvalue weighted by Gasteiger charge is 2.33. The number of hydrogen-bond donors (Lipinski definition) is 1. The molecular formula is C13H23N3O2S. The Kier molecular flexibility index (Phi) is 5.66. The van der Waals surface area contributed by atoms with Gasteiger partial charge in [-0.05, 0) is 13.0 Å². The molecule has 0 amide bonds. The molecule has 0 saturated carbocycles. The summed E-state index contributed by atoms with van der Waals surface area (Å²) in [7, 11) is 0. The minimum atomic E-state index is 0.190. The number of aromatic nitrogens is 2. The lowest BCUT2D eigenvalue weighted by Crippen LogP contribution is -2.34. The van der Waals surface area contributed by atoms with Gasteiger partial charge in [0.1, 0.15) is 0 Å². The summed E-state index contributed by atoms with van der Waals surface area (Å²) < 4.78 is 10.9. The molecule has 1 aliphatic rings. The van der Waals surface area contributed by atoms with Crippen LogP contribution in [0.2, 0.25) is 0 Å². The van der Waals surface area contributed by atoms with Crippen LogP contribution in [0.1, 0.15) is 44.8 Å². The molecule has 0 spiro atoms. The van der Waals surface area contributed by atoms with Gasteiger partial charge >= 0.3 is 0 Å². The van der Waals surface area contributed by atoms with Gasteiger partial charge in [-0.1, -0.05) is 25.9 Å². The quantitative estimate of drug-likeness (QED) is 0.828. The average molecular weight is 285 g/mol. The lowest BCUT2D eigenvalue weighted by Gasteiger charge is -2.13. The molecule has 1 saturated heterocycles. The lowest BCUT2D eigenvalue weighted by atomic mass is 10.0.